The van der Waals surface area contributed by atoms with Crippen LogP contribution in [0.1, 0.15) is 73.1 Å². The molecule has 3 fully saturated rings. The maximum atomic E-state index is 14.0. The fraction of sp³-hybridized carbons (Fsp3) is 0.862. The largest absolute Gasteiger partial charge is 0.480 e. The summed E-state index contributed by atoms with van der Waals surface area (Å²) < 4.78 is 0. The van der Waals surface area contributed by atoms with E-state index in [0.29, 0.717) is 19.5 Å². The first-order chi connectivity index (χ1) is 18.6. The minimum Gasteiger partial charge on any atom is -0.480 e. The molecule has 3 heterocycles. The second kappa shape index (κ2) is 13.2. The Morgan fingerprint density at radius 2 is 1.65 bits per heavy atom. The summed E-state index contributed by atoms with van der Waals surface area (Å²) in [4.78, 5) is 59.7. The van der Waals surface area contributed by atoms with Gasteiger partial charge >= 0.3 is 5.97 Å². The molecule has 228 valence electrons. The minimum atomic E-state index is -1.10. The summed E-state index contributed by atoms with van der Waals surface area (Å²) in [6.07, 6.45) is 3.43. The number of carboxylic acid groups (broad SMARTS) is 1. The second-order valence-electron chi connectivity index (χ2n) is 13.4. The number of aliphatic hydroxyl groups excluding tert-OH is 1. The number of likely N-dealkylation sites (N-methyl/N-ethyl adjacent to an activating group) is 2. The number of carbonyl (C=O) groups excluding carboxylic acids is 3. The van der Waals surface area contributed by atoms with Crippen molar-refractivity contribution in [3.63, 3.8) is 0 Å². The van der Waals surface area contributed by atoms with Gasteiger partial charge in [-0.15, -0.1) is 0 Å². The van der Waals surface area contributed by atoms with E-state index < -0.39 is 35.6 Å². The Hall–Kier alpha value is -2.24. The number of aliphatic hydroxyl groups is 1. The zero-order valence-corrected chi connectivity index (χ0v) is 25.4. The van der Waals surface area contributed by atoms with Gasteiger partial charge in [-0.05, 0) is 57.2 Å². The zero-order chi connectivity index (χ0) is 29.9. The number of carboxylic acids is 1. The van der Waals surface area contributed by atoms with E-state index in [2.05, 4.69) is 15.1 Å². The first-order valence-electron chi connectivity index (χ1n) is 14.9. The molecule has 0 aliphatic carbocycles. The van der Waals surface area contributed by atoms with E-state index in [-0.39, 0.29) is 48.7 Å². The highest BCUT2D eigenvalue weighted by atomic mass is 16.4. The first kappa shape index (κ1) is 32.3. The van der Waals surface area contributed by atoms with E-state index in [0.717, 1.165) is 32.2 Å². The molecule has 11 nitrogen and oxygen atoms in total. The third kappa shape index (κ3) is 7.33. The maximum absolute atomic E-state index is 14.0. The van der Waals surface area contributed by atoms with Crippen molar-refractivity contribution in [2.24, 2.45) is 11.3 Å². The molecule has 3 rings (SSSR count). The van der Waals surface area contributed by atoms with E-state index >= 15 is 0 Å². The average Bonchev–Trinajstić information content (AvgIpc) is 3.50. The number of amides is 3. The average molecular weight is 566 g/mol. The number of carbonyl (C=O) groups is 4. The second-order valence-corrected chi connectivity index (χ2v) is 13.4. The molecule has 0 aromatic rings. The third-order valence-electron chi connectivity index (χ3n) is 9.00. The lowest BCUT2D eigenvalue weighted by atomic mass is 9.84. The Kier molecular flexibility index (Phi) is 10.6. The lowest BCUT2D eigenvalue weighted by molar-refractivity contribution is -0.150. The van der Waals surface area contributed by atoms with Gasteiger partial charge in [0.25, 0.3) is 0 Å². The molecule has 6 atom stereocenters. The standard InChI is InChI=1S/C29H51N5O6/c1-18(2)23(17-33-14-10-12-21(33)26(37)34-16-19(35)15-22(34)28(39)40)32(7)27(38)24(29(3,4)5)30-25(36)20-11-8-9-13-31(20)6/h18-24,35H,8-17H2,1-7H3,(H,30,36)(H,39,40)/t19-,20?,21?,22+,23?,24?/m1/s1. The van der Waals surface area contributed by atoms with Gasteiger partial charge in [0.1, 0.15) is 12.1 Å². The SMILES string of the molecule is CC(C)C(CN1CCCC1C(=O)N1C[C@H](O)C[C@H]1C(=O)O)N(C)C(=O)C(NC(=O)C1CCCCN1C)C(C)(C)C. The van der Waals surface area contributed by atoms with Crippen molar-refractivity contribution in [3.8, 4) is 0 Å². The Bertz CT molecular complexity index is 936. The van der Waals surface area contributed by atoms with E-state index in [1.165, 1.54) is 4.90 Å². The van der Waals surface area contributed by atoms with Crippen LogP contribution < -0.4 is 5.32 Å². The van der Waals surface area contributed by atoms with Crippen LogP contribution in [0.25, 0.3) is 0 Å². The Morgan fingerprint density at radius 3 is 2.23 bits per heavy atom. The Labute approximate surface area is 239 Å². The van der Waals surface area contributed by atoms with Gasteiger partial charge in [-0.3, -0.25) is 24.2 Å². The topological polar surface area (TPSA) is 134 Å². The van der Waals surface area contributed by atoms with Crippen molar-refractivity contribution in [1.29, 1.82) is 0 Å². The predicted octanol–water partition coefficient (Wildman–Crippen LogP) is 0.995. The molecule has 3 aliphatic rings. The van der Waals surface area contributed by atoms with Crippen LogP contribution in [-0.2, 0) is 19.2 Å². The molecule has 40 heavy (non-hydrogen) atoms. The number of rotatable bonds is 9. The first-order valence-corrected chi connectivity index (χ1v) is 14.9. The quantitative estimate of drug-likeness (QED) is 0.377. The van der Waals surface area contributed by atoms with Gasteiger partial charge in [0.2, 0.25) is 17.7 Å². The summed E-state index contributed by atoms with van der Waals surface area (Å²) in [6.45, 7) is 12.0. The molecule has 0 saturated carbocycles. The molecule has 11 heteroatoms. The van der Waals surface area contributed by atoms with Gasteiger partial charge in [0.05, 0.1) is 18.2 Å². The molecule has 0 bridgehead atoms. The summed E-state index contributed by atoms with van der Waals surface area (Å²) >= 11 is 0. The molecule has 4 unspecified atom stereocenters. The van der Waals surface area contributed by atoms with Gasteiger partial charge in [0, 0.05) is 32.6 Å². The van der Waals surface area contributed by atoms with E-state index in [1.807, 2.05) is 41.7 Å². The van der Waals surface area contributed by atoms with Crippen molar-refractivity contribution < 1.29 is 29.4 Å². The summed E-state index contributed by atoms with van der Waals surface area (Å²) in [5.74, 6) is -1.57. The number of piperidine rings is 1. The van der Waals surface area contributed by atoms with E-state index in [9.17, 15) is 29.4 Å². The van der Waals surface area contributed by atoms with Gasteiger partial charge in [-0.1, -0.05) is 41.0 Å². The van der Waals surface area contributed by atoms with Crippen LogP contribution in [0.3, 0.4) is 0 Å². The monoisotopic (exact) mass is 565 g/mol. The number of nitrogens with one attached hydrogen (secondary N) is 1. The molecule has 0 aromatic carbocycles. The third-order valence-corrected chi connectivity index (χ3v) is 9.00. The Balaban J connectivity index is 1.75. The molecular weight excluding hydrogens is 514 g/mol. The fourth-order valence-corrected chi connectivity index (χ4v) is 6.49. The van der Waals surface area contributed by atoms with Crippen molar-refractivity contribution in [3.05, 3.63) is 0 Å². The summed E-state index contributed by atoms with van der Waals surface area (Å²) in [5, 5.41) is 22.7. The molecule has 0 spiro atoms. The predicted molar refractivity (Wildman–Crippen MR) is 151 cm³/mol. The molecule has 3 saturated heterocycles. The Morgan fingerprint density at radius 1 is 1.00 bits per heavy atom. The van der Waals surface area contributed by atoms with Crippen LogP contribution in [0.15, 0.2) is 0 Å². The molecule has 0 aromatic heterocycles. The fourth-order valence-electron chi connectivity index (χ4n) is 6.49. The molecular formula is C29H51N5O6. The highest BCUT2D eigenvalue weighted by Gasteiger charge is 2.45. The highest BCUT2D eigenvalue weighted by molar-refractivity contribution is 5.90. The number of likely N-dealkylation sites (tertiary alicyclic amines) is 3. The van der Waals surface area contributed by atoms with Crippen LogP contribution in [0.5, 0.6) is 0 Å². The van der Waals surface area contributed by atoms with Gasteiger partial charge < -0.3 is 25.3 Å². The van der Waals surface area contributed by atoms with Crippen LogP contribution in [0, 0.1) is 11.3 Å². The number of hydrogen-bond donors (Lipinski definition) is 3. The lowest BCUT2D eigenvalue weighted by Gasteiger charge is -2.41. The molecule has 0 radical (unpaired) electrons. The van der Waals surface area contributed by atoms with Crippen LogP contribution in [0.4, 0.5) is 0 Å². The lowest BCUT2D eigenvalue weighted by Crippen LogP contribution is -2.61. The van der Waals surface area contributed by atoms with Crippen molar-refractivity contribution >= 4 is 23.7 Å². The number of aliphatic carboxylic acids is 1. The van der Waals surface area contributed by atoms with Crippen molar-refractivity contribution in [2.45, 2.75) is 109 Å². The van der Waals surface area contributed by atoms with Crippen LogP contribution in [-0.4, -0.2) is 130 Å². The van der Waals surface area contributed by atoms with Crippen LogP contribution >= 0.6 is 0 Å². The summed E-state index contributed by atoms with van der Waals surface area (Å²) in [6, 6.07) is -2.68. The smallest absolute Gasteiger partial charge is 0.326 e. The van der Waals surface area contributed by atoms with Crippen molar-refractivity contribution in [2.75, 3.05) is 40.3 Å². The van der Waals surface area contributed by atoms with Gasteiger partial charge in [-0.25, -0.2) is 4.79 Å². The van der Waals surface area contributed by atoms with Crippen molar-refractivity contribution in [1.82, 2.24) is 24.9 Å². The molecule has 3 aliphatic heterocycles. The summed E-state index contributed by atoms with van der Waals surface area (Å²) in [5.41, 5.74) is -0.510. The molecule has 3 amide bonds. The van der Waals surface area contributed by atoms with E-state index in [4.69, 9.17) is 0 Å². The zero-order valence-electron chi connectivity index (χ0n) is 25.4. The summed E-state index contributed by atoms with van der Waals surface area (Å²) in [7, 11) is 3.72. The van der Waals surface area contributed by atoms with Crippen LogP contribution in [0.2, 0.25) is 0 Å². The maximum Gasteiger partial charge on any atom is 0.326 e. The normalized spacial score (nSPS) is 28.0. The van der Waals surface area contributed by atoms with Gasteiger partial charge in [-0.2, -0.15) is 0 Å². The number of hydrogen-bond acceptors (Lipinski definition) is 7. The van der Waals surface area contributed by atoms with E-state index in [1.54, 1.807) is 11.9 Å². The molecule has 3 N–H and O–H groups in total. The highest BCUT2D eigenvalue weighted by Crippen LogP contribution is 2.28. The number of β-amino-alcohol motifs (C(OH)–C–C–N with tert-alkyl or cyclic N) is 1. The number of nitrogens with zero attached hydrogens (tertiary/aromatic N) is 4. The van der Waals surface area contributed by atoms with Gasteiger partial charge in [0.15, 0.2) is 0 Å². The minimum absolute atomic E-state index is 0.0231.